The van der Waals surface area contributed by atoms with Crippen molar-refractivity contribution in [2.24, 2.45) is 5.14 Å². The van der Waals surface area contributed by atoms with E-state index in [9.17, 15) is 8.42 Å². The summed E-state index contributed by atoms with van der Waals surface area (Å²) >= 11 is 0. The van der Waals surface area contributed by atoms with Crippen molar-refractivity contribution in [3.8, 4) is 0 Å². The predicted molar refractivity (Wildman–Crippen MR) is 62.9 cm³/mol. The maximum absolute atomic E-state index is 11.3. The standard InChI is InChI=1S/C11H8N2O3S/c12-17(14,15)7-3-4-10-9(6-7)8-2-1-5-13-11(8)16-10/h1-6H,(H2,12,14,15). The van der Waals surface area contributed by atoms with Gasteiger partial charge in [0.15, 0.2) is 0 Å². The molecule has 5 nitrogen and oxygen atoms in total. The largest absolute Gasteiger partial charge is 0.438 e. The molecule has 86 valence electrons. The highest BCUT2D eigenvalue weighted by atomic mass is 32.2. The average molecular weight is 248 g/mol. The van der Waals surface area contributed by atoms with Gasteiger partial charge in [-0.1, -0.05) is 0 Å². The highest BCUT2D eigenvalue weighted by molar-refractivity contribution is 7.89. The molecular formula is C11H8N2O3S. The Morgan fingerprint density at radius 1 is 1.18 bits per heavy atom. The lowest BCUT2D eigenvalue weighted by molar-refractivity contribution is 0.598. The molecule has 0 amide bonds. The fourth-order valence-corrected chi connectivity index (χ4v) is 2.31. The first-order valence-electron chi connectivity index (χ1n) is 4.86. The number of fused-ring (bicyclic) bond motifs is 3. The summed E-state index contributed by atoms with van der Waals surface area (Å²) in [7, 11) is -3.70. The van der Waals surface area contributed by atoms with Crippen molar-refractivity contribution in [3.63, 3.8) is 0 Å². The van der Waals surface area contributed by atoms with Crippen molar-refractivity contribution in [2.45, 2.75) is 4.90 Å². The number of hydrogen-bond donors (Lipinski definition) is 1. The Balaban J connectivity index is 2.46. The maximum Gasteiger partial charge on any atom is 0.238 e. The molecule has 0 aliphatic heterocycles. The van der Waals surface area contributed by atoms with Crippen LogP contribution in [0, 0.1) is 0 Å². The minimum Gasteiger partial charge on any atom is -0.438 e. The van der Waals surface area contributed by atoms with Gasteiger partial charge in [-0.2, -0.15) is 0 Å². The molecule has 2 aromatic heterocycles. The third-order valence-corrected chi connectivity index (χ3v) is 3.46. The summed E-state index contributed by atoms with van der Waals surface area (Å²) in [6, 6.07) is 8.08. The number of hydrogen-bond acceptors (Lipinski definition) is 4. The van der Waals surface area contributed by atoms with Crippen LogP contribution in [0.3, 0.4) is 0 Å². The van der Waals surface area contributed by atoms with Crippen molar-refractivity contribution < 1.29 is 12.8 Å². The lowest BCUT2D eigenvalue weighted by atomic mass is 10.2. The molecule has 6 heteroatoms. The third-order valence-electron chi connectivity index (χ3n) is 2.55. The highest BCUT2D eigenvalue weighted by Crippen LogP contribution is 2.28. The van der Waals surface area contributed by atoms with Crippen LogP contribution in [0.2, 0.25) is 0 Å². The lowest BCUT2D eigenvalue weighted by Crippen LogP contribution is -2.11. The second kappa shape index (κ2) is 3.28. The van der Waals surface area contributed by atoms with Gasteiger partial charge in [-0.05, 0) is 30.3 Å². The summed E-state index contributed by atoms with van der Waals surface area (Å²) in [5.74, 6) is 0. The van der Waals surface area contributed by atoms with E-state index in [2.05, 4.69) is 4.98 Å². The number of benzene rings is 1. The zero-order valence-electron chi connectivity index (χ0n) is 8.62. The number of sulfonamides is 1. The molecule has 17 heavy (non-hydrogen) atoms. The van der Waals surface area contributed by atoms with Crippen LogP contribution in [-0.4, -0.2) is 13.4 Å². The van der Waals surface area contributed by atoms with E-state index >= 15 is 0 Å². The van der Waals surface area contributed by atoms with Crippen molar-refractivity contribution in [1.82, 2.24) is 4.98 Å². The average Bonchev–Trinajstić information content (AvgIpc) is 2.65. The van der Waals surface area contributed by atoms with Gasteiger partial charge in [-0.15, -0.1) is 0 Å². The van der Waals surface area contributed by atoms with Crippen molar-refractivity contribution in [2.75, 3.05) is 0 Å². The number of nitrogens with two attached hydrogens (primary N) is 1. The summed E-state index contributed by atoms with van der Waals surface area (Å²) in [6.07, 6.45) is 1.62. The van der Waals surface area contributed by atoms with Gasteiger partial charge < -0.3 is 4.42 Å². The van der Waals surface area contributed by atoms with Gasteiger partial charge in [0.25, 0.3) is 0 Å². The minimum absolute atomic E-state index is 0.0663. The highest BCUT2D eigenvalue weighted by Gasteiger charge is 2.12. The van der Waals surface area contributed by atoms with Gasteiger partial charge >= 0.3 is 0 Å². The second-order valence-electron chi connectivity index (χ2n) is 3.66. The van der Waals surface area contributed by atoms with Gasteiger partial charge in [0.2, 0.25) is 15.7 Å². The van der Waals surface area contributed by atoms with E-state index in [0.29, 0.717) is 16.7 Å². The monoisotopic (exact) mass is 248 g/mol. The summed E-state index contributed by atoms with van der Waals surface area (Å²) < 4.78 is 28.0. The minimum atomic E-state index is -3.70. The fourth-order valence-electron chi connectivity index (χ4n) is 1.77. The number of pyridine rings is 1. The Bertz CT molecular complexity index is 821. The van der Waals surface area contributed by atoms with E-state index in [1.807, 2.05) is 6.07 Å². The topological polar surface area (TPSA) is 86.2 Å². The van der Waals surface area contributed by atoms with Crippen LogP contribution >= 0.6 is 0 Å². The van der Waals surface area contributed by atoms with E-state index in [1.54, 1.807) is 18.3 Å². The van der Waals surface area contributed by atoms with Crippen LogP contribution in [0.4, 0.5) is 0 Å². The second-order valence-corrected chi connectivity index (χ2v) is 5.22. The molecule has 0 aliphatic carbocycles. The number of primary sulfonamides is 1. The summed E-state index contributed by atoms with van der Waals surface area (Å²) in [5, 5.41) is 6.55. The maximum atomic E-state index is 11.3. The van der Waals surface area contributed by atoms with Gasteiger partial charge in [-0.25, -0.2) is 18.5 Å². The molecule has 3 rings (SSSR count). The smallest absolute Gasteiger partial charge is 0.238 e. The number of furan rings is 1. The third kappa shape index (κ3) is 1.58. The summed E-state index contributed by atoms with van der Waals surface area (Å²) in [6.45, 7) is 0. The summed E-state index contributed by atoms with van der Waals surface area (Å²) in [5.41, 5.74) is 1.07. The van der Waals surface area contributed by atoms with Crippen molar-refractivity contribution in [3.05, 3.63) is 36.5 Å². The van der Waals surface area contributed by atoms with E-state index in [-0.39, 0.29) is 4.90 Å². The van der Waals surface area contributed by atoms with E-state index in [4.69, 9.17) is 9.56 Å². The van der Waals surface area contributed by atoms with Crippen LogP contribution in [0.5, 0.6) is 0 Å². The zero-order valence-corrected chi connectivity index (χ0v) is 9.44. The van der Waals surface area contributed by atoms with Crippen molar-refractivity contribution >= 4 is 32.1 Å². The Morgan fingerprint density at radius 3 is 2.76 bits per heavy atom. The summed E-state index contributed by atoms with van der Waals surface area (Å²) in [4.78, 5) is 4.13. The Kier molecular flexibility index (Phi) is 1.98. The lowest BCUT2D eigenvalue weighted by Gasteiger charge is -1.96. The van der Waals surface area contributed by atoms with E-state index in [0.717, 1.165) is 5.39 Å². The molecule has 0 fully saturated rings. The van der Waals surface area contributed by atoms with Crippen LogP contribution in [0.1, 0.15) is 0 Å². The zero-order chi connectivity index (χ0) is 12.0. The molecular weight excluding hydrogens is 240 g/mol. The number of nitrogens with zero attached hydrogens (tertiary/aromatic N) is 1. The Hall–Kier alpha value is -1.92. The van der Waals surface area contributed by atoms with E-state index in [1.165, 1.54) is 12.1 Å². The quantitative estimate of drug-likeness (QED) is 0.709. The van der Waals surface area contributed by atoms with Crippen molar-refractivity contribution in [1.29, 1.82) is 0 Å². The number of rotatable bonds is 1. The van der Waals surface area contributed by atoms with Gasteiger partial charge in [-0.3, -0.25) is 0 Å². The molecule has 0 unspecified atom stereocenters. The molecule has 0 saturated carbocycles. The molecule has 0 saturated heterocycles. The first-order valence-corrected chi connectivity index (χ1v) is 6.40. The molecule has 3 aromatic rings. The molecule has 0 spiro atoms. The molecule has 1 aromatic carbocycles. The fraction of sp³-hybridized carbons (Fsp3) is 0. The molecule has 2 N–H and O–H groups in total. The molecule has 0 radical (unpaired) electrons. The van der Waals surface area contributed by atoms with Crippen LogP contribution in [0.15, 0.2) is 45.8 Å². The van der Waals surface area contributed by atoms with Crippen LogP contribution in [-0.2, 0) is 10.0 Å². The van der Waals surface area contributed by atoms with Crippen LogP contribution in [0.25, 0.3) is 22.1 Å². The molecule has 0 bridgehead atoms. The normalized spacial score (nSPS) is 12.3. The first kappa shape index (κ1) is 10.2. The number of aromatic nitrogens is 1. The van der Waals surface area contributed by atoms with Gasteiger partial charge in [0, 0.05) is 17.0 Å². The molecule has 0 atom stereocenters. The van der Waals surface area contributed by atoms with Gasteiger partial charge in [0.05, 0.1) is 4.90 Å². The molecule has 2 heterocycles. The molecule has 0 aliphatic rings. The van der Waals surface area contributed by atoms with Crippen LogP contribution < -0.4 is 5.14 Å². The van der Waals surface area contributed by atoms with Gasteiger partial charge in [0.1, 0.15) is 5.58 Å². The van der Waals surface area contributed by atoms with E-state index < -0.39 is 10.0 Å². The Labute approximate surface area is 96.9 Å². The first-order chi connectivity index (χ1) is 8.05. The Morgan fingerprint density at radius 2 is 2.00 bits per heavy atom. The SMILES string of the molecule is NS(=O)(=O)c1ccc2oc3ncccc3c2c1. The predicted octanol–water partition coefficient (Wildman–Crippen LogP) is 1.63.